The Balaban J connectivity index is 1.76. The number of aromatic amines is 1. The average molecular weight is 346 g/mol. The van der Waals surface area contributed by atoms with Crippen LogP contribution in [0, 0.1) is 5.82 Å². The lowest BCUT2D eigenvalue weighted by Gasteiger charge is -2.07. The fraction of sp³-hybridized carbons (Fsp3) is 0.0625. The second-order valence-electron chi connectivity index (χ2n) is 4.64. The predicted octanol–water partition coefficient (Wildman–Crippen LogP) is 4.59. The van der Waals surface area contributed by atoms with Crippen molar-refractivity contribution in [3.63, 3.8) is 0 Å². The predicted molar refractivity (Wildman–Crippen MR) is 85.5 cm³/mol. The number of aromatic nitrogens is 2. The van der Waals surface area contributed by atoms with Crippen molar-refractivity contribution < 1.29 is 4.39 Å². The van der Waals surface area contributed by atoms with Crippen LogP contribution in [0.1, 0.15) is 5.56 Å². The minimum absolute atomic E-state index is 0.243. The zero-order valence-corrected chi connectivity index (χ0v) is 12.7. The minimum Gasteiger partial charge on any atom is -0.381 e. The second kappa shape index (κ2) is 6.10. The van der Waals surface area contributed by atoms with Crippen LogP contribution in [0.2, 0.25) is 0 Å². The van der Waals surface area contributed by atoms with Gasteiger partial charge in [0, 0.05) is 27.8 Å². The summed E-state index contributed by atoms with van der Waals surface area (Å²) in [7, 11) is 0. The van der Waals surface area contributed by atoms with E-state index in [4.69, 9.17) is 0 Å². The summed E-state index contributed by atoms with van der Waals surface area (Å²) in [6.07, 6.45) is 1.78. The molecule has 2 N–H and O–H groups in total. The van der Waals surface area contributed by atoms with E-state index in [1.165, 1.54) is 12.1 Å². The first-order valence-corrected chi connectivity index (χ1v) is 7.29. The highest BCUT2D eigenvalue weighted by atomic mass is 79.9. The van der Waals surface area contributed by atoms with E-state index in [9.17, 15) is 4.39 Å². The number of hydrogen-bond acceptors (Lipinski definition) is 2. The normalized spacial score (nSPS) is 10.6. The molecule has 0 atom stereocenters. The van der Waals surface area contributed by atoms with Gasteiger partial charge in [0.15, 0.2) is 0 Å². The van der Waals surface area contributed by atoms with Crippen LogP contribution in [-0.4, -0.2) is 10.2 Å². The van der Waals surface area contributed by atoms with Crippen LogP contribution < -0.4 is 5.32 Å². The Morgan fingerprint density at radius 3 is 2.48 bits per heavy atom. The number of H-pyrrole nitrogens is 1. The zero-order chi connectivity index (χ0) is 14.7. The third-order valence-electron chi connectivity index (χ3n) is 3.18. The third kappa shape index (κ3) is 3.31. The Hall–Kier alpha value is -2.14. The topological polar surface area (TPSA) is 40.7 Å². The maximum Gasteiger partial charge on any atom is 0.123 e. The van der Waals surface area contributed by atoms with Gasteiger partial charge < -0.3 is 5.32 Å². The Labute approximate surface area is 130 Å². The summed E-state index contributed by atoms with van der Waals surface area (Å²) in [5.74, 6) is -0.243. The van der Waals surface area contributed by atoms with Crippen molar-refractivity contribution in [2.45, 2.75) is 6.54 Å². The largest absolute Gasteiger partial charge is 0.381 e. The molecule has 21 heavy (non-hydrogen) atoms. The van der Waals surface area contributed by atoms with Gasteiger partial charge in [0.2, 0.25) is 0 Å². The monoisotopic (exact) mass is 345 g/mol. The fourth-order valence-electron chi connectivity index (χ4n) is 2.08. The van der Waals surface area contributed by atoms with Gasteiger partial charge in [-0.25, -0.2) is 4.39 Å². The molecule has 3 nitrogen and oxygen atoms in total. The second-order valence-corrected chi connectivity index (χ2v) is 5.55. The molecule has 3 rings (SSSR count). The highest BCUT2D eigenvalue weighted by molar-refractivity contribution is 9.10. The van der Waals surface area contributed by atoms with Gasteiger partial charge >= 0.3 is 0 Å². The summed E-state index contributed by atoms with van der Waals surface area (Å²) in [6.45, 7) is 0.644. The smallest absolute Gasteiger partial charge is 0.123 e. The van der Waals surface area contributed by atoms with Gasteiger partial charge in [-0.05, 0) is 48.5 Å². The molecule has 0 saturated carbocycles. The number of rotatable bonds is 4. The van der Waals surface area contributed by atoms with Crippen LogP contribution in [0.25, 0.3) is 11.3 Å². The standard InChI is InChI=1S/C16H13BrFN3/c17-13-3-7-15(8-4-13)19-9-12-10-20-21-16(12)11-1-5-14(18)6-2-11/h1-8,10,19H,9H2,(H,20,21). The number of nitrogens with zero attached hydrogens (tertiary/aromatic N) is 1. The fourth-order valence-corrected chi connectivity index (χ4v) is 2.34. The summed E-state index contributed by atoms with van der Waals surface area (Å²) in [6, 6.07) is 14.3. The van der Waals surface area contributed by atoms with E-state index in [0.717, 1.165) is 27.0 Å². The molecule has 0 aliphatic carbocycles. The van der Waals surface area contributed by atoms with Crippen molar-refractivity contribution in [3.05, 3.63) is 70.6 Å². The number of nitrogens with one attached hydrogen (secondary N) is 2. The molecule has 0 unspecified atom stereocenters. The SMILES string of the molecule is Fc1ccc(-c2[nH]ncc2CNc2ccc(Br)cc2)cc1. The molecule has 2 aromatic carbocycles. The van der Waals surface area contributed by atoms with Crippen molar-refractivity contribution in [2.75, 3.05) is 5.32 Å². The lowest BCUT2D eigenvalue weighted by Crippen LogP contribution is -1.99. The number of anilines is 1. The summed E-state index contributed by atoms with van der Waals surface area (Å²) in [5.41, 5.74) is 3.88. The van der Waals surface area contributed by atoms with E-state index in [0.29, 0.717) is 6.54 Å². The molecule has 0 bridgehead atoms. The first kappa shape index (κ1) is 13.8. The number of halogens is 2. The van der Waals surface area contributed by atoms with Gasteiger partial charge in [0.05, 0.1) is 11.9 Å². The van der Waals surface area contributed by atoms with Crippen molar-refractivity contribution in [1.82, 2.24) is 10.2 Å². The maximum atomic E-state index is 13.0. The molecule has 106 valence electrons. The summed E-state index contributed by atoms with van der Waals surface area (Å²) in [4.78, 5) is 0. The average Bonchev–Trinajstić information content (AvgIpc) is 2.96. The Morgan fingerprint density at radius 1 is 1.05 bits per heavy atom. The van der Waals surface area contributed by atoms with Gasteiger partial charge in [0.1, 0.15) is 5.82 Å². The quantitative estimate of drug-likeness (QED) is 0.725. The molecule has 1 heterocycles. The highest BCUT2D eigenvalue weighted by Crippen LogP contribution is 2.22. The molecule has 5 heteroatoms. The van der Waals surface area contributed by atoms with Crippen molar-refractivity contribution in [1.29, 1.82) is 0 Å². The van der Waals surface area contributed by atoms with E-state index < -0.39 is 0 Å². The molecule has 0 aliphatic heterocycles. The van der Waals surface area contributed by atoms with Gasteiger partial charge in [-0.2, -0.15) is 5.10 Å². The van der Waals surface area contributed by atoms with E-state index >= 15 is 0 Å². The molecule has 0 amide bonds. The van der Waals surface area contributed by atoms with Crippen LogP contribution in [0.4, 0.5) is 10.1 Å². The van der Waals surface area contributed by atoms with Crippen LogP contribution in [-0.2, 0) is 6.54 Å². The van der Waals surface area contributed by atoms with Gasteiger partial charge in [-0.3, -0.25) is 5.10 Å². The molecule has 3 aromatic rings. The van der Waals surface area contributed by atoms with E-state index in [1.807, 2.05) is 24.3 Å². The Kier molecular flexibility index (Phi) is 4.01. The first-order valence-electron chi connectivity index (χ1n) is 6.50. The molecule has 1 aromatic heterocycles. The van der Waals surface area contributed by atoms with Crippen molar-refractivity contribution in [2.24, 2.45) is 0 Å². The lowest BCUT2D eigenvalue weighted by molar-refractivity contribution is 0.628. The molecule has 0 fully saturated rings. The van der Waals surface area contributed by atoms with Crippen LogP contribution in [0.3, 0.4) is 0 Å². The van der Waals surface area contributed by atoms with Gasteiger partial charge in [-0.15, -0.1) is 0 Å². The Morgan fingerprint density at radius 2 is 1.76 bits per heavy atom. The van der Waals surface area contributed by atoms with E-state index in [2.05, 4.69) is 31.4 Å². The molecular weight excluding hydrogens is 333 g/mol. The molecule has 0 saturated heterocycles. The minimum atomic E-state index is -0.243. The Bertz CT molecular complexity index is 720. The van der Waals surface area contributed by atoms with Crippen molar-refractivity contribution >= 4 is 21.6 Å². The van der Waals surface area contributed by atoms with Gasteiger partial charge in [0.25, 0.3) is 0 Å². The van der Waals surface area contributed by atoms with Crippen LogP contribution in [0.5, 0.6) is 0 Å². The number of benzene rings is 2. The van der Waals surface area contributed by atoms with E-state index in [-0.39, 0.29) is 5.82 Å². The van der Waals surface area contributed by atoms with E-state index in [1.54, 1.807) is 18.3 Å². The van der Waals surface area contributed by atoms with Crippen LogP contribution >= 0.6 is 15.9 Å². The summed E-state index contributed by atoms with van der Waals surface area (Å²) < 4.78 is 14.0. The third-order valence-corrected chi connectivity index (χ3v) is 3.71. The molecule has 0 spiro atoms. The van der Waals surface area contributed by atoms with Crippen molar-refractivity contribution in [3.8, 4) is 11.3 Å². The zero-order valence-electron chi connectivity index (χ0n) is 11.1. The number of hydrogen-bond donors (Lipinski definition) is 2. The summed E-state index contributed by atoms with van der Waals surface area (Å²) >= 11 is 3.41. The first-order chi connectivity index (χ1) is 10.2. The van der Waals surface area contributed by atoms with Crippen LogP contribution in [0.15, 0.2) is 59.2 Å². The highest BCUT2D eigenvalue weighted by Gasteiger charge is 2.07. The molecular formula is C16H13BrFN3. The lowest BCUT2D eigenvalue weighted by atomic mass is 10.1. The molecule has 0 aliphatic rings. The summed E-state index contributed by atoms with van der Waals surface area (Å²) in [5, 5.41) is 10.4. The van der Waals surface area contributed by atoms with Gasteiger partial charge in [-0.1, -0.05) is 15.9 Å². The maximum absolute atomic E-state index is 13.0. The molecule has 0 radical (unpaired) electrons.